The number of carboxylic acids is 1. The number of hydrogen-bond donors (Lipinski definition) is 1. The molecule has 0 aliphatic carbocycles. The first-order valence-electron chi connectivity index (χ1n) is 6.22. The highest BCUT2D eigenvalue weighted by Crippen LogP contribution is 2.28. The van der Waals surface area contributed by atoms with Crippen molar-refractivity contribution in [2.75, 3.05) is 5.75 Å². The summed E-state index contributed by atoms with van der Waals surface area (Å²) in [5.74, 6) is -1.51. The number of halogens is 2. The highest BCUT2D eigenvalue weighted by atomic mass is 35.5. The number of carbonyl (C=O) groups is 1. The van der Waals surface area contributed by atoms with E-state index in [0.717, 1.165) is 30.1 Å². The van der Waals surface area contributed by atoms with Crippen molar-refractivity contribution in [2.24, 2.45) is 0 Å². The Bertz CT molecular complexity index is 645. The van der Waals surface area contributed by atoms with Gasteiger partial charge in [0, 0.05) is 12.6 Å². The Hall–Kier alpha value is -1.27. The molecule has 0 unspecified atom stereocenters. The summed E-state index contributed by atoms with van der Waals surface area (Å²) in [4.78, 5) is 15.0. The van der Waals surface area contributed by atoms with Gasteiger partial charge in [0.1, 0.15) is 5.82 Å². The maximum absolute atomic E-state index is 13.5. The van der Waals surface area contributed by atoms with E-state index < -0.39 is 11.8 Å². The Morgan fingerprint density at radius 3 is 2.95 bits per heavy atom. The molecular weight excluding hydrogens is 303 g/mol. The van der Waals surface area contributed by atoms with Crippen molar-refractivity contribution in [3.8, 4) is 0 Å². The molecule has 20 heavy (non-hydrogen) atoms. The highest BCUT2D eigenvalue weighted by molar-refractivity contribution is 7.99. The summed E-state index contributed by atoms with van der Waals surface area (Å²) in [5, 5.41) is 9.39. The third kappa shape index (κ3) is 3.24. The van der Waals surface area contributed by atoms with Crippen LogP contribution in [0, 0.1) is 5.82 Å². The van der Waals surface area contributed by atoms with Crippen LogP contribution in [0.3, 0.4) is 0 Å². The number of aromatic nitrogens is 2. The van der Waals surface area contributed by atoms with Gasteiger partial charge in [-0.2, -0.15) is 0 Å². The number of nitrogens with zero attached hydrogens (tertiary/aromatic N) is 2. The second-order valence-corrected chi connectivity index (χ2v) is 5.69. The van der Waals surface area contributed by atoms with Crippen molar-refractivity contribution in [3.63, 3.8) is 0 Å². The summed E-state index contributed by atoms with van der Waals surface area (Å²) in [6.45, 7) is 2.77. The molecule has 2 rings (SSSR count). The minimum atomic E-state index is -0.909. The second-order valence-electron chi connectivity index (χ2n) is 4.34. The molecule has 7 heteroatoms. The van der Waals surface area contributed by atoms with Gasteiger partial charge in [-0.15, -0.1) is 0 Å². The zero-order valence-corrected chi connectivity index (χ0v) is 12.5. The largest absolute Gasteiger partial charge is 0.481 e. The number of thioether (sulfide) groups is 1. The third-order valence-electron chi connectivity index (χ3n) is 2.82. The van der Waals surface area contributed by atoms with Crippen molar-refractivity contribution in [1.82, 2.24) is 9.55 Å². The van der Waals surface area contributed by atoms with Crippen LogP contribution in [0.25, 0.3) is 11.0 Å². The fourth-order valence-electron chi connectivity index (χ4n) is 1.87. The summed E-state index contributed by atoms with van der Waals surface area (Å²) in [6.07, 6.45) is 1.93. The van der Waals surface area contributed by atoms with Gasteiger partial charge in [-0.3, -0.25) is 4.79 Å². The number of unbranched alkanes of at least 4 members (excludes halogenated alkanes) is 1. The Kier molecular flexibility index (Phi) is 4.88. The van der Waals surface area contributed by atoms with Gasteiger partial charge in [0.25, 0.3) is 0 Å². The molecule has 0 spiro atoms. The third-order valence-corrected chi connectivity index (χ3v) is 4.07. The number of rotatable bonds is 6. The number of benzene rings is 1. The first-order chi connectivity index (χ1) is 9.52. The lowest BCUT2D eigenvalue weighted by molar-refractivity contribution is -0.133. The molecule has 4 nitrogen and oxygen atoms in total. The van der Waals surface area contributed by atoms with Crippen molar-refractivity contribution >= 4 is 40.4 Å². The molecule has 0 amide bonds. The van der Waals surface area contributed by atoms with Crippen LogP contribution in [-0.4, -0.2) is 26.4 Å². The van der Waals surface area contributed by atoms with Gasteiger partial charge in [-0.25, -0.2) is 9.37 Å². The molecule has 1 N–H and O–H groups in total. The van der Waals surface area contributed by atoms with Crippen molar-refractivity contribution in [3.05, 3.63) is 23.0 Å². The summed E-state index contributed by atoms with van der Waals surface area (Å²) < 4.78 is 15.4. The molecule has 0 aliphatic rings. The van der Waals surface area contributed by atoms with Gasteiger partial charge in [-0.05, 0) is 12.5 Å². The smallest absolute Gasteiger partial charge is 0.313 e. The number of hydrogen-bond acceptors (Lipinski definition) is 3. The Morgan fingerprint density at radius 2 is 2.30 bits per heavy atom. The first kappa shape index (κ1) is 15.1. The van der Waals surface area contributed by atoms with E-state index in [1.165, 1.54) is 6.07 Å². The van der Waals surface area contributed by atoms with Crippen LogP contribution in [0.1, 0.15) is 19.8 Å². The van der Waals surface area contributed by atoms with Gasteiger partial charge < -0.3 is 9.67 Å². The first-order valence-corrected chi connectivity index (χ1v) is 7.59. The van der Waals surface area contributed by atoms with Crippen LogP contribution >= 0.6 is 23.4 Å². The topological polar surface area (TPSA) is 55.1 Å². The summed E-state index contributed by atoms with van der Waals surface area (Å²) in [6, 6.07) is 2.82. The lowest BCUT2D eigenvalue weighted by Crippen LogP contribution is -2.03. The van der Waals surface area contributed by atoms with Gasteiger partial charge in [0.15, 0.2) is 5.16 Å². The average Bonchev–Trinajstić information content (AvgIpc) is 2.72. The van der Waals surface area contributed by atoms with E-state index >= 15 is 0 Å². The molecule has 0 aliphatic heterocycles. The predicted octanol–water partition coefficient (Wildman–Crippen LogP) is 3.81. The minimum Gasteiger partial charge on any atom is -0.481 e. The molecule has 108 valence electrons. The summed E-state index contributed by atoms with van der Waals surface area (Å²) in [7, 11) is 0. The molecule has 0 bridgehead atoms. The molecule has 0 radical (unpaired) electrons. The lowest BCUT2D eigenvalue weighted by atomic mass is 10.3. The Morgan fingerprint density at radius 1 is 1.55 bits per heavy atom. The number of carboxylic acid groups (broad SMARTS) is 1. The summed E-state index contributed by atoms with van der Waals surface area (Å²) in [5.41, 5.74) is 1.23. The van der Waals surface area contributed by atoms with Crippen LogP contribution in [0.15, 0.2) is 17.3 Å². The van der Waals surface area contributed by atoms with Gasteiger partial charge in [0.2, 0.25) is 0 Å². The number of imidazole rings is 1. The van der Waals surface area contributed by atoms with Crippen LogP contribution < -0.4 is 0 Å². The van der Waals surface area contributed by atoms with Crippen LogP contribution in [0.4, 0.5) is 4.39 Å². The molecule has 1 aromatic carbocycles. The Balaban J connectivity index is 2.45. The van der Waals surface area contributed by atoms with E-state index in [1.807, 2.05) is 4.57 Å². The zero-order chi connectivity index (χ0) is 14.7. The predicted molar refractivity (Wildman–Crippen MR) is 78.0 cm³/mol. The van der Waals surface area contributed by atoms with Gasteiger partial charge >= 0.3 is 5.97 Å². The fraction of sp³-hybridized carbons (Fsp3) is 0.385. The number of aryl methyl sites for hydroxylation is 1. The lowest BCUT2D eigenvalue weighted by Gasteiger charge is -2.07. The monoisotopic (exact) mass is 316 g/mol. The summed E-state index contributed by atoms with van der Waals surface area (Å²) >= 11 is 6.94. The van der Waals surface area contributed by atoms with E-state index in [0.29, 0.717) is 17.2 Å². The molecular formula is C13H14ClFN2O2S. The Labute approximate surface area is 124 Å². The van der Waals surface area contributed by atoms with E-state index in [9.17, 15) is 9.18 Å². The fourth-order valence-corrected chi connectivity index (χ4v) is 2.79. The second kappa shape index (κ2) is 6.45. The van der Waals surface area contributed by atoms with Gasteiger partial charge in [-0.1, -0.05) is 36.7 Å². The zero-order valence-electron chi connectivity index (χ0n) is 10.9. The number of aliphatic carboxylic acids is 1. The molecule has 0 saturated carbocycles. The van der Waals surface area contributed by atoms with E-state index in [1.54, 1.807) is 6.07 Å². The average molecular weight is 317 g/mol. The van der Waals surface area contributed by atoms with Crippen LogP contribution in [-0.2, 0) is 11.3 Å². The van der Waals surface area contributed by atoms with Crippen molar-refractivity contribution in [1.29, 1.82) is 0 Å². The normalized spacial score (nSPS) is 11.2. The molecule has 0 atom stereocenters. The maximum Gasteiger partial charge on any atom is 0.313 e. The van der Waals surface area contributed by atoms with E-state index in [-0.39, 0.29) is 10.8 Å². The number of fused-ring (bicyclic) bond motifs is 1. The molecule has 0 fully saturated rings. The van der Waals surface area contributed by atoms with Crippen LogP contribution in [0.5, 0.6) is 0 Å². The van der Waals surface area contributed by atoms with Crippen LogP contribution in [0.2, 0.25) is 5.02 Å². The molecule has 1 heterocycles. The highest BCUT2D eigenvalue weighted by Gasteiger charge is 2.14. The minimum absolute atomic E-state index is 0.0462. The van der Waals surface area contributed by atoms with Gasteiger partial charge in [0.05, 0.1) is 21.8 Å². The standard InChI is InChI=1S/C13H14ClFN2O2S/c1-2-3-4-17-11-5-8(14)9(15)6-10(11)16-13(17)20-7-12(18)19/h5-6H,2-4,7H2,1H3,(H,18,19). The van der Waals surface area contributed by atoms with Crippen molar-refractivity contribution < 1.29 is 14.3 Å². The SMILES string of the molecule is CCCCn1c(SCC(=O)O)nc2cc(F)c(Cl)cc21. The van der Waals surface area contributed by atoms with E-state index in [2.05, 4.69) is 11.9 Å². The molecule has 2 aromatic rings. The maximum atomic E-state index is 13.5. The quantitative estimate of drug-likeness (QED) is 0.823. The molecule has 1 aromatic heterocycles. The molecule has 0 saturated heterocycles. The van der Waals surface area contributed by atoms with Crippen molar-refractivity contribution in [2.45, 2.75) is 31.5 Å². The van der Waals surface area contributed by atoms with E-state index in [4.69, 9.17) is 16.7 Å².